The molecule has 0 unspecified atom stereocenters. The lowest BCUT2D eigenvalue weighted by Crippen LogP contribution is -2.34. The number of amides is 2. The van der Waals surface area contributed by atoms with E-state index in [9.17, 15) is 9.59 Å². The first-order valence-electron chi connectivity index (χ1n) is 7.11. The highest BCUT2D eigenvalue weighted by molar-refractivity contribution is 9.11. The minimum Gasteiger partial charge on any atom is -0.339 e. The fourth-order valence-corrected chi connectivity index (χ4v) is 2.75. The van der Waals surface area contributed by atoms with Crippen molar-refractivity contribution in [2.45, 2.75) is 39.8 Å². The average Bonchev–Trinajstić information content (AvgIpc) is 2.45. The first kappa shape index (κ1) is 19.2. The molecular formula is C16H22Br2N2O2. The minimum absolute atomic E-state index is 0.0845. The zero-order chi connectivity index (χ0) is 17.2. The van der Waals surface area contributed by atoms with Crippen molar-refractivity contribution < 1.29 is 9.59 Å². The van der Waals surface area contributed by atoms with Crippen LogP contribution in [0, 0.1) is 0 Å². The van der Waals surface area contributed by atoms with Gasteiger partial charge in [0.05, 0.1) is 11.1 Å². The number of carbonyl (C=O) groups excluding carboxylic acids is 2. The molecule has 0 radical (unpaired) electrons. The molecular weight excluding hydrogens is 412 g/mol. The fourth-order valence-electron chi connectivity index (χ4n) is 1.72. The van der Waals surface area contributed by atoms with Crippen LogP contribution in [0.25, 0.3) is 0 Å². The molecule has 4 nitrogen and oxygen atoms in total. The van der Waals surface area contributed by atoms with Crippen molar-refractivity contribution in [3.8, 4) is 0 Å². The summed E-state index contributed by atoms with van der Waals surface area (Å²) in [4.78, 5) is 28.2. The van der Waals surface area contributed by atoms with Crippen molar-refractivity contribution in [2.24, 2.45) is 0 Å². The molecule has 1 rings (SSSR count). The van der Waals surface area contributed by atoms with Crippen molar-refractivity contribution in [1.82, 2.24) is 9.80 Å². The van der Waals surface area contributed by atoms with Crippen LogP contribution in [0.15, 0.2) is 21.1 Å². The summed E-state index contributed by atoms with van der Waals surface area (Å²) in [6.07, 6.45) is 0. The van der Waals surface area contributed by atoms with Gasteiger partial charge >= 0.3 is 0 Å². The van der Waals surface area contributed by atoms with E-state index in [0.29, 0.717) is 20.1 Å². The standard InChI is InChI=1S/C16H22Br2N2O2/c1-9(2)19(5)15(21)11-7-14(18)12(8-13(11)17)16(22)20(6)10(3)4/h7-10H,1-6H3. The lowest BCUT2D eigenvalue weighted by Gasteiger charge is -2.24. The quantitative estimate of drug-likeness (QED) is 0.714. The third-order valence-corrected chi connectivity index (χ3v) is 5.02. The summed E-state index contributed by atoms with van der Waals surface area (Å²) in [7, 11) is 3.53. The molecule has 6 heteroatoms. The zero-order valence-electron chi connectivity index (χ0n) is 13.8. The monoisotopic (exact) mass is 432 g/mol. The Labute approximate surface area is 149 Å². The lowest BCUT2D eigenvalue weighted by atomic mass is 10.1. The van der Waals surface area contributed by atoms with Gasteiger partial charge in [0, 0.05) is 35.1 Å². The van der Waals surface area contributed by atoms with Gasteiger partial charge in [-0.15, -0.1) is 0 Å². The number of hydrogen-bond donors (Lipinski definition) is 0. The Morgan fingerprint density at radius 1 is 0.818 bits per heavy atom. The van der Waals surface area contributed by atoms with E-state index in [4.69, 9.17) is 0 Å². The highest BCUT2D eigenvalue weighted by Crippen LogP contribution is 2.28. The zero-order valence-corrected chi connectivity index (χ0v) is 16.9. The third-order valence-electron chi connectivity index (χ3n) is 3.71. The molecule has 0 bridgehead atoms. The van der Waals surface area contributed by atoms with Gasteiger partial charge in [-0.3, -0.25) is 9.59 Å². The first-order chi connectivity index (χ1) is 10.1. The van der Waals surface area contributed by atoms with Crippen LogP contribution in [-0.4, -0.2) is 47.8 Å². The van der Waals surface area contributed by atoms with Crippen molar-refractivity contribution in [1.29, 1.82) is 0 Å². The van der Waals surface area contributed by atoms with E-state index in [-0.39, 0.29) is 23.9 Å². The summed E-state index contributed by atoms with van der Waals surface area (Å²) < 4.78 is 1.24. The maximum absolute atomic E-state index is 12.5. The highest BCUT2D eigenvalue weighted by Gasteiger charge is 2.23. The Kier molecular flexibility index (Phi) is 6.62. The summed E-state index contributed by atoms with van der Waals surface area (Å²) in [5.41, 5.74) is 1.07. The number of carbonyl (C=O) groups is 2. The molecule has 1 aromatic rings. The Balaban J connectivity index is 3.23. The number of rotatable bonds is 4. The van der Waals surface area contributed by atoms with Crippen LogP contribution in [-0.2, 0) is 0 Å². The Morgan fingerprint density at radius 2 is 1.09 bits per heavy atom. The normalized spacial score (nSPS) is 11.0. The number of nitrogens with zero attached hydrogens (tertiary/aromatic N) is 2. The summed E-state index contributed by atoms with van der Waals surface area (Å²) in [6.45, 7) is 7.82. The van der Waals surface area contributed by atoms with Crippen LogP contribution in [0.1, 0.15) is 48.4 Å². The predicted molar refractivity (Wildman–Crippen MR) is 96.3 cm³/mol. The van der Waals surface area contributed by atoms with E-state index in [1.165, 1.54) is 0 Å². The molecule has 0 spiro atoms. The Hall–Kier alpha value is -0.880. The van der Waals surface area contributed by atoms with Gasteiger partial charge < -0.3 is 9.80 Å². The van der Waals surface area contributed by atoms with Gasteiger partial charge in [0.1, 0.15) is 0 Å². The fraction of sp³-hybridized carbons (Fsp3) is 0.500. The molecule has 22 heavy (non-hydrogen) atoms. The molecule has 0 fully saturated rings. The Morgan fingerprint density at radius 3 is 1.32 bits per heavy atom. The summed E-state index contributed by atoms with van der Waals surface area (Å²) in [5.74, 6) is -0.169. The van der Waals surface area contributed by atoms with Gasteiger partial charge in [-0.05, 0) is 71.7 Å². The first-order valence-corrected chi connectivity index (χ1v) is 8.69. The van der Waals surface area contributed by atoms with E-state index in [1.807, 2.05) is 27.7 Å². The lowest BCUT2D eigenvalue weighted by molar-refractivity contribution is 0.0741. The molecule has 0 aliphatic heterocycles. The van der Waals surface area contributed by atoms with Crippen molar-refractivity contribution in [3.63, 3.8) is 0 Å². The highest BCUT2D eigenvalue weighted by atomic mass is 79.9. The number of benzene rings is 1. The molecule has 0 aliphatic carbocycles. The van der Waals surface area contributed by atoms with Crippen LogP contribution in [0.5, 0.6) is 0 Å². The second kappa shape index (κ2) is 7.59. The van der Waals surface area contributed by atoms with E-state index < -0.39 is 0 Å². The smallest absolute Gasteiger partial charge is 0.255 e. The molecule has 0 saturated heterocycles. The Bertz CT molecular complexity index is 534. The van der Waals surface area contributed by atoms with Gasteiger partial charge in [0.2, 0.25) is 0 Å². The van der Waals surface area contributed by atoms with E-state index in [0.717, 1.165) is 0 Å². The SMILES string of the molecule is CC(C)N(C)C(=O)c1cc(Br)c(C(=O)N(C)C(C)C)cc1Br. The van der Waals surface area contributed by atoms with Crippen molar-refractivity contribution in [2.75, 3.05) is 14.1 Å². The molecule has 122 valence electrons. The molecule has 0 atom stereocenters. The second-order valence-electron chi connectivity index (χ2n) is 5.83. The molecule has 2 amide bonds. The minimum atomic E-state index is -0.0845. The van der Waals surface area contributed by atoms with Crippen molar-refractivity contribution in [3.05, 3.63) is 32.2 Å². The predicted octanol–water partition coefficient (Wildman–Crippen LogP) is 4.17. The van der Waals surface area contributed by atoms with Crippen LogP contribution in [0.4, 0.5) is 0 Å². The third kappa shape index (κ3) is 4.10. The van der Waals surface area contributed by atoms with E-state index in [2.05, 4.69) is 31.9 Å². The molecule has 1 aromatic carbocycles. The van der Waals surface area contributed by atoms with E-state index in [1.54, 1.807) is 36.0 Å². The summed E-state index contributed by atoms with van der Waals surface area (Å²) in [5, 5.41) is 0. The molecule has 0 saturated carbocycles. The summed E-state index contributed by atoms with van der Waals surface area (Å²) in [6, 6.07) is 3.61. The molecule has 0 aromatic heterocycles. The van der Waals surface area contributed by atoms with Gasteiger partial charge in [0.25, 0.3) is 11.8 Å². The van der Waals surface area contributed by atoms with Gasteiger partial charge in [0.15, 0.2) is 0 Å². The van der Waals surface area contributed by atoms with Crippen LogP contribution < -0.4 is 0 Å². The van der Waals surface area contributed by atoms with Crippen molar-refractivity contribution >= 4 is 43.7 Å². The maximum atomic E-state index is 12.5. The van der Waals surface area contributed by atoms with Gasteiger partial charge in [-0.2, -0.15) is 0 Å². The molecule has 0 aliphatic rings. The molecule has 0 N–H and O–H groups in total. The van der Waals surface area contributed by atoms with Crippen LogP contribution in [0.3, 0.4) is 0 Å². The van der Waals surface area contributed by atoms with Crippen LogP contribution in [0.2, 0.25) is 0 Å². The largest absolute Gasteiger partial charge is 0.339 e. The molecule has 0 heterocycles. The van der Waals surface area contributed by atoms with E-state index >= 15 is 0 Å². The summed E-state index contributed by atoms with van der Waals surface area (Å²) >= 11 is 6.83. The van der Waals surface area contributed by atoms with Gasteiger partial charge in [-0.1, -0.05) is 0 Å². The number of hydrogen-bond acceptors (Lipinski definition) is 2. The second-order valence-corrected chi connectivity index (χ2v) is 7.54. The topological polar surface area (TPSA) is 40.6 Å². The van der Waals surface area contributed by atoms with Crippen LogP contribution >= 0.6 is 31.9 Å². The maximum Gasteiger partial charge on any atom is 0.255 e. The number of halogens is 2. The van der Waals surface area contributed by atoms with Gasteiger partial charge in [-0.25, -0.2) is 0 Å². The average molecular weight is 434 g/mol.